The minimum absolute atomic E-state index is 0.404. The van der Waals surface area contributed by atoms with Crippen molar-refractivity contribution in [2.75, 3.05) is 11.9 Å². The summed E-state index contributed by atoms with van der Waals surface area (Å²) in [6.07, 6.45) is -0.524. The predicted molar refractivity (Wildman–Crippen MR) is 68.7 cm³/mol. The number of benzene rings is 1. The van der Waals surface area contributed by atoms with Gasteiger partial charge < -0.3 is 4.74 Å². The minimum atomic E-state index is -0.578. The average molecular weight is 304 g/mol. The first kappa shape index (κ1) is 14.0. The molecule has 17 heavy (non-hydrogen) atoms. The number of rotatable bonds is 1. The van der Waals surface area contributed by atoms with Gasteiger partial charge in [0.05, 0.1) is 5.69 Å². The Kier molecular flexibility index (Phi) is 4.14. The summed E-state index contributed by atoms with van der Waals surface area (Å²) >= 11 is 3.26. The third-order valence-electron chi connectivity index (χ3n) is 1.94. The van der Waals surface area contributed by atoms with Gasteiger partial charge in [0.1, 0.15) is 11.4 Å². The van der Waals surface area contributed by atoms with Crippen molar-refractivity contribution in [1.82, 2.24) is 0 Å². The highest BCUT2D eigenvalue weighted by molar-refractivity contribution is 9.10. The molecule has 0 aliphatic carbocycles. The summed E-state index contributed by atoms with van der Waals surface area (Å²) in [7, 11) is 1.54. The van der Waals surface area contributed by atoms with Crippen molar-refractivity contribution in [3.63, 3.8) is 0 Å². The van der Waals surface area contributed by atoms with Gasteiger partial charge in [-0.1, -0.05) is 0 Å². The fraction of sp³-hybridized carbons (Fsp3) is 0.417. The lowest BCUT2D eigenvalue weighted by molar-refractivity contribution is 0.0589. The van der Waals surface area contributed by atoms with E-state index in [0.717, 1.165) is 0 Å². The van der Waals surface area contributed by atoms with Crippen LogP contribution < -0.4 is 4.90 Å². The molecule has 0 aromatic heterocycles. The molecule has 5 heteroatoms. The fourth-order valence-electron chi connectivity index (χ4n) is 1.17. The summed E-state index contributed by atoms with van der Waals surface area (Å²) in [5.41, 5.74) is -0.148. The number of carbonyl (C=O) groups is 1. The van der Waals surface area contributed by atoms with Crippen LogP contribution in [0.15, 0.2) is 22.7 Å². The second-order valence-electron chi connectivity index (χ2n) is 4.64. The molecule has 3 nitrogen and oxygen atoms in total. The highest BCUT2D eigenvalue weighted by Crippen LogP contribution is 2.27. The van der Waals surface area contributed by atoms with Crippen LogP contribution in [-0.2, 0) is 4.74 Å². The first-order valence-electron chi connectivity index (χ1n) is 5.12. The molecule has 94 valence electrons. The van der Waals surface area contributed by atoms with E-state index in [1.54, 1.807) is 26.8 Å². The third kappa shape index (κ3) is 4.00. The van der Waals surface area contributed by atoms with Crippen molar-refractivity contribution >= 4 is 27.7 Å². The molecule has 0 radical (unpaired) electrons. The molecular weight excluding hydrogens is 289 g/mol. The lowest BCUT2D eigenvalue weighted by atomic mass is 10.2. The van der Waals surface area contributed by atoms with Crippen molar-refractivity contribution in [2.45, 2.75) is 26.4 Å². The summed E-state index contributed by atoms with van der Waals surface area (Å²) in [5.74, 6) is -0.404. The van der Waals surface area contributed by atoms with E-state index in [1.807, 2.05) is 0 Å². The van der Waals surface area contributed by atoms with E-state index in [9.17, 15) is 9.18 Å². The van der Waals surface area contributed by atoms with Crippen molar-refractivity contribution in [2.24, 2.45) is 0 Å². The molecule has 0 aliphatic rings. The molecule has 0 atom stereocenters. The maximum absolute atomic E-state index is 13.1. The molecule has 1 aromatic rings. The first-order chi connectivity index (χ1) is 7.70. The Morgan fingerprint density at radius 1 is 1.41 bits per heavy atom. The second kappa shape index (κ2) is 5.04. The number of nitrogens with zero attached hydrogens (tertiary/aromatic N) is 1. The van der Waals surface area contributed by atoms with Crippen LogP contribution in [0.2, 0.25) is 0 Å². The van der Waals surface area contributed by atoms with Crippen LogP contribution in [0.4, 0.5) is 14.9 Å². The molecule has 0 N–H and O–H groups in total. The van der Waals surface area contributed by atoms with Gasteiger partial charge >= 0.3 is 6.09 Å². The second-order valence-corrected chi connectivity index (χ2v) is 5.49. The van der Waals surface area contributed by atoms with Gasteiger partial charge in [0.2, 0.25) is 0 Å². The Morgan fingerprint density at radius 3 is 2.53 bits per heavy atom. The van der Waals surface area contributed by atoms with Gasteiger partial charge in [-0.2, -0.15) is 0 Å². The van der Waals surface area contributed by atoms with E-state index in [1.165, 1.54) is 24.1 Å². The van der Waals surface area contributed by atoms with Crippen LogP contribution in [0.25, 0.3) is 0 Å². The minimum Gasteiger partial charge on any atom is -0.443 e. The summed E-state index contributed by atoms with van der Waals surface area (Å²) in [4.78, 5) is 13.0. The molecule has 1 aromatic carbocycles. The molecular formula is C12H15BrFNO2. The zero-order valence-corrected chi connectivity index (χ0v) is 11.8. The van der Waals surface area contributed by atoms with Gasteiger partial charge in [0.25, 0.3) is 0 Å². The lowest BCUT2D eigenvalue weighted by Crippen LogP contribution is -2.34. The van der Waals surface area contributed by atoms with E-state index in [0.29, 0.717) is 10.2 Å². The van der Waals surface area contributed by atoms with Gasteiger partial charge in [-0.3, -0.25) is 4.90 Å². The first-order valence-corrected chi connectivity index (χ1v) is 5.92. The molecule has 0 heterocycles. The summed E-state index contributed by atoms with van der Waals surface area (Å²) in [6, 6.07) is 4.13. The normalized spacial score (nSPS) is 11.2. The van der Waals surface area contributed by atoms with Gasteiger partial charge in [-0.25, -0.2) is 9.18 Å². The highest BCUT2D eigenvalue weighted by Gasteiger charge is 2.21. The Morgan fingerprint density at radius 2 is 2.00 bits per heavy atom. The molecule has 1 rings (SSSR count). The highest BCUT2D eigenvalue weighted by atomic mass is 79.9. The molecule has 0 bridgehead atoms. The average Bonchev–Trinajstić information content (AvgIpc) is 2.18. The van der Waals surface area contributed by atoms with Crippen molar-refractivity contribution in [1.29, 1.82) is 0 Å². The Hall–Kier alpha value is -1.10. The molecule has 0 saturated heterocycles. The van der Waals surface area contributed by atoms with Crippen molar-refractivity contribution < 1.29 is 13.9 Å². The van der Waals surface area contributed by atoms with Gasteiger partial charge in [0.15, 0.2) is 0 Å². The number of anilines is 1. The van der Waals surface area contributed by atoms with Crippen LogP contribution in [0.1, 0.15) is 20.8 Å². The zero-order valence-electron chi connectivity index (χ0n) is 10.3. The molecule has 1 amide bonds. The molecule has 0 fully saturated rings. The largest absolute Gasteiger partial charge is 0.443 e. The summed E-state index contributed by atoms with van der Waals surface area (Å²) in [5, 5.41) is 0. The summed E-state index contributed by atoms with van der Waals surface area (Å²) < 4.78 is 18.9. The quantitative estimate of drug-likeness (QED) is 0.786. The van der Waals surface area contributed by atoms with Crippen molar-refractivity contribution in [3.8, 4) is 0 Å². The van der Waals surface area contributed by atoms with E-state index in [-0.39, 0.29) is 0 Å². The monoisotopic (exact) mass is 303 g/mol. The summed E-state index contributed by atoms with van der Waals surface area (Å²) in [6.45, 7) is 5.33. The molecule has 0 aliphatic heterocycles. The Balaban J connectivity index is 2.92. The smallest absolute Gasteiger partial charge is 0.414 e. The zero-order chi connectivity index (χ0) is 13.2. The Bertz CT molecular complexity index is 429. The van der Waals surface area contributed by atoms with Crippen LogP contribution in [0, 0.1) is 5.82 Å². The molecule has 0 spiro atoms. The van der Waals surface area contributed by atoms with Crippen molar-refractivity contribution in [3.05, 3.63) is 28.5 Å². The van der Waals surface area contributed by atoms with E-state index in [2.05, 4.69) is 15.9 Å². The number of carbonyl (C=O) groups excluding carboxylic acids is 1. The number of hydrogen-bond donors (Lipinski definition) is 0. The van der Waals surface area contributed by atoms with Crippen LogP contribution in [0.5, 0.6) is 0 Å². The van der Waals surface area contributed by atoms with Crippen LogP contribution in [-0.4, -0.2) is 18.7 Å². The van der Waals surface area contributed by atoms with E-state index < -0.39 is 17.5 Å². The number of amides is 1. The maximum atomic E-state index is 13.1. The van der Waals surface area contributed by atoms with Gasteiger partial charge in [0, 0.05) is 11.5 Å². The third-order valence-corrected chi connectivity index (χ3v) is 2.61. The topological polar surface area (TPSA) is 29.5 Å². The van der Waals surface area contributed by atoms with Crippen LogP contribution >= 0.6 is 15.9 Å². The lowest BCUT2D eigenvalue weighted by Gasteiger charge is -2.25. The molecule has 0 saturated carbocycles. The standard InChI is InChI=1S/C12H15BrFNO2/c1-12(2,3)17-11(16)15(4)10-7-8(14)5-6-9(10)13/h5-7H,1-4H3. The van der Waals surface area contributed by atoms with Gasteiger partial charge in [-0.15, -0.1) is 0 Å². The predicted octanol–water partition coefficient (Wildman–Crippen LogP) is 3.96. The van der Waals surface area contributed by atoms with Gasteiger partial charge in [-0.05, 0) is 54.9 Å². The van der Waals surface area contributed by atoms with E-state index in [4.69, 9.17) is 4.74 Å². The number of ether oxygens (including phenoxy) is 1. The maximum Gasteiger partial charge on any atom is 0.414 e. The number of halogens is 2. The fourth-order valence-corrected chi connectivity index (χ4v) is 1.68. The Labute approximate surface area is 109 Å². The number of hydrogen-bond acceptors (Lipinski definition) is 2. The molecule has 0 unspecified atom stereocenters. The van der Waals surface area contributed by atoms with E-state index >= 15 is 0 Å². The SMILES string of the molecule is CN(C(=O)OC(C)(C)C)c1cc(F)ccc1Br. The van der Waals surface area contributed by atoms with Crippen LogP contribution in [0.3, 0.4) is 0 Å².